The van der Waals surface area contributed by atoms with Crippen LogP contribution in [0, 0.1) is 0 Å². The number of pyridine rings is 1. The molecule has 35 heavy (non-hydrogen) atoms. The average molecular weight is 474 g/mol. The van der Waals surface area contributed by atoms with Gasteiger partial charge in [0.15, 0.2) is 11.5 Å². The van der Waals surface area contributed by atoms with Crippen molar-refractivity contribution < 1.29 is 14.2 Å². The molecule has 0 amide bonds. The Morgan fingerprint density at radius 2 is 1.66 bits per heavy atom. The molecule has 0 atom stereocenters. The van der Waals surface area contributed by atoms with Crippen LogP contribution in [0.4, 0.5) is 5.69 Å². The molecule has 0 spiro atoms. The summed E-state index contributed by atoms with van der Waals surface area (Å²) >= 11 is 0. The fourth-order valence-electron chi connectivity index (χ4n) is 5.16. The van der Waals surface area contributed by atoms with Gasteiger partial charge in [0.2, 0.25) is 0 Å². The van der Waals surface area contributed by atoms with Crippen molar-refractivity contribution in [3.8, 4) is 28.5 Å². The van der Waals surface area contributed by atoms with E-state index in [0.717, 1.165) is 66.7 Å². The highest BCUT2D eigenvalue weighted by atomic mass is 16.5. The molecule has 1 aliphatic heterocycles. The van der Waals surface area contributed by atoms with Crippen LogP contribution < -0.4 is 24.4 Å². The molecule has 5 rings (SSSR count). The van der Waals surface area contributed by atoms with Crippen LogP contribution in [-0.4, -0.2) is 45.4 Å². The van der Waals surface area contributed by atoms with E-state index >= 15 is 0 Å². The number of ether oxygens (including phenoxy) is 3. The van der Waals surface area contributed by atoms with Crippen LogP contribution >= 0.6 is 0 Å². The van der Waals surface area contributed by atoms with Gasteiger partial charge in [-0.2, -0.15) is 0 Å². The molecule has 1 aromatic heterocycles. The molecule has 1 saturated carbocycles. The van der Waals surface area contributed by atoms with Crippen LogP contribution in [0.3, 0.4) is 0 Å². The first kappa shape index (κ1) is 23.5. The lowest BCUT2D eigenvalue weighted by atomic mass is 10.00. The van der Waals surface area contributed by atoms with Crippen LogP contribution in [0.15, 0.2) is 54.7 Å². The number of hydrogen-bond acceptors (Lipinski definition) is 6. The first-order chi connectivity index (χ1) is 17.2. The third-order valence-corrected chi connectivity index (χ3v) is 7.14. The lowest BCUT2D eigenvalue weighted by Gasteiger charge is -2.37. The maximum absolute atomic E-state index is 5.74. The Balaban J connectivity index is 1.49. The van der Waals surface area contributed by atoms with Crippen molar-refractivity contribution in [2.24, 2.45) is 0 Å². The van der Waals surface area contributed by atoms with E-state index in [1.807, 2.05) is 24.4 Å². The van der Waals surface area contributed by atoms with E-state index < -0.39 is 0 Å². The number of aromatic nitrogens is 1. The molecule has 2 fully saturated rings. The highest BCUT2D eigenvalue weighted by Gasteiger charge is 2.29. The van der Waals surface area contributed by atoms with Gasteiger partial charge in [0.05, 0.1) is 32.7 Å². The minimum absolute atomic E-state index is 0.451. The number of piperidine rings is 1. The van der Waals surface area contributed by atoms with E-state index in [2.05, 4.69) is 40.5 Å². The Hall–Kier alpha value is -3.25. The predicted octanol–water partition coefficient (Wildman–Crippen LogP) is 5.41. The topological polar surface area (TPSA) is 55.9 Å². The Labute approximate surface area is 208 Å². The molecule has 1 saturated heterocycles. The maximum atomic E-state index is 5.74. The fourth-order valence-corrected chi connectivity index (χ4v) is 5.16. The number of benzene rings is 2. The number of rotatable bonds is 9. The summed E-state index contributed by atoms with van der Waals surface area (Å²) in [5, 5.41) is 3.49. The van der Waals surface area contributed by atoms with Gasteiger partial charge < -0.3 is 24.4 Å². The second-order valence-electron chi connectivity index (χ2n) is 9.41. The summed E-state index contributed by atoms with van der Waals surface area (Å²) in [5.41, 5.74) is 5.61. The number of anilines is 1. The minimum Gasteiger partial charge on any atom is -0.495 e. The van der Waals surface area contributed by atoms with Crippen LogP contribution in [0.5, 0.6) is 17.2 Å². The molecule has 184 valence electrons. The van der Waals surface area contributed by atoms with Crippen molar-refractivity contribution >= 4 is 5.69 Å². The normalized spacial score (nSPS) is 16.1. The van der Waals surface area contributed by atoms with E-state index in [-0.39, 0.29) is 0 Å². The monoisotopic (exact) mass is 473 g/mol. The molecule has 1 N–H and O–H groups in total. The number of methoxy groups -OCH3 is 3. The molecule has 6 heteroatoms. The van der Waals surface area contributed by atoms with Gasteiger partial charge in [0, 0.05) is 29.9 Å². The van der Waals surface area contributed by atoms with Gasteiger partial charge in [-0.25, -0.2) is 0 Å². The first-order valence-electron chi connectivity index (χ1n) is 12.5. The third-order valence-electron chi connectivity index (χ3n) is 7.14. The van der Waals surface area contributed by atoms with Gasteiger partial charge in [-0.3, -0.25) is 4.98 Å². The summed E-state index contributed by atoms with van der Waals surface area (Å²) in [6.45, 7) is 2.87. The van der Waals surface area contributed by atoms with Crippen LogP contribution in [-0.2, 0) is 6.54 Å². The van der Waals surface area contributed by atoms with Gasteiger partial charge in [-0.05, 0) is 86.7 Å². The van der Waals surface area contributed by atoms with Crippen molar-refractivity contribution in [3.63, 3.8) is 0 Å². The molecule has 0 unspecified atom stereocenters. The number of nitrogens with zero attached hydrogens (tertiary/aromatic N) is 2. The van der Waals surface area contributed by atoms with Crippen LogP contribution in [0.1, 0.15) is 42.7 Å². The van der Waals surface area contributed by atoms with E-state index in [1.165, 1.54) is 24.0 Å². The van der Waals surface area contributed by atoms with Crippen molar-refractivity contribution in [2.45, 2.75) is 44.2 Å². The standard InChI is InChI=1S/C29H35N3O3/c1-33-27-7-5-4-6-26(27)32(23-11-13-30-14-12-23)19-20-10-15-31-25(16-20)22-17-24(21-8-9-21)29(35-3)28(18-22)34-2/h4-7,10,15-18,21,23,30H,8-9,11-14,19H2,1-3H3. The Morgan fingerprint density at radius 1 is 0.886 bits per heavy atom. The molecule has 6 nitrogen and oxygen atoms in total. The third kappa shape index (κ3) is 5.08. The number of nitrogens with one attached hydrogen (secondary N) is 1. The van der Waals surface area contributed by atoms with Crippen LogP contribution in [0.2, 0.25) is 0 Å². The van der Waals surface area contributed by atoms with E-state index in [0.29, 0.717) is 12.0 Å². The molecular formula is C29H35N3O3. The van der Waals surface area contributed by atoms with E-state index in [1.54, 1.807) is 21.3 Å². The summed E-state index contributed by atoms with van der Waals surface area (Å²) in [6, 6.07) is 17.4. The maximum Gasteiger partial charge on any atom is 0.164 e. The molecule has 0 bridgehead atoms. The largest absolute Gasteiger partial charge is 0.495 e. The fraction of sp³-hybridized carbons (Fsp3) is 0.414. The van der Waals surface area contributed by atoms with Gasteiger partial charge in [-0.1, -0.05) is 12.1 Å². The zero-order valence-electron chi connectivity index (χ0n) is 20.9. The lowest BCUT2D eigenvalue weighted by molar-refractivity contribution is 0.352. The highest BCUT2D eigenvalue weighted by molar-refractivity contribution is 5.68. The van der Waals surface area contributed by atoms with Gasteiger partial charge in [-0.15, -0.1) is 0 Å². The quantitative estimate of drug-likeness (QED) is 0.448. The Morgan fingerprint density at radius 3 is 2.37 bits per heavy atom. The zero-order valence-corrected chi connectivity index (χ0v) is 20.9. The average Bonchev–Trinajstić information content (AvgIpc) is 3.77. The SMILES string of the molecule is COc1ccccc1N(Cc1ccnc(-c2cc(OC)c(OC)c(C3CC3)c2)c1)C1CCNCC1. The van der Waals surface area contributed by atoms with Gasteiger partial charge in [0.1, 0.15) is 5.75 Å². The number of para-hydroxylation sites is 2. The second-order valence-corrected chi connectivity index (χ2v) is 9.41. The van der Waals surface area contributed by atoms with Gasteiger partial charge >= 0.3 is 0 Å². The van der Waals surface area contributed by atoms with Crippen molar-refractivity contribution in [1.29, 1.82) is 0 Å². The molecule has 1 aliphatic carbocycles. The van der Waals surface area contributed by atoms with E-state index in [9.17, 15) is 0 Å². The smallest absolute Gasteiger partial charge is 0.164 e. The molecule has 2 aromatic carbocycles. The van der Waals surface area contributed by atoms with E-state index in [4.69, 9.17) is 19.2 Å². The van der Waals surface area contributed by atoms with Crippen LogP contribution in [0.25, 0.3) is 11.3 Å². The summed E-state index contributed by atoms with van der Waals surface area (Å²) < 4.78 is 17.1. The molecule has 2 heterocycles. The molecule has 0 radical (unpaired) electrons. The van der Waals surface area contributed by atoms with Gasteiger partial charge in [0.25, 0.3) is 0 Å². The highest BCUT2D eigenvalue weighted by Crippen LogP contribution is 2.49. The molecule has 3 aromatic rings. The molecule has 2 aliphatic rings. The molecular weight excluding hydrogens is 438 g/mol. The Kier molecular flexibility index (Phi) is 7.09. The number of hydrogen-bond donors (Lipinski definition) is 1. The lowest BCUT2D eigenvalue weighted by Crippen LogP contribution is -2.43. The minimum atomic E-state index is 0.451. The second kappa shape index (κ2) is 10.6. The summed E-state index contributed by atoms with van der Waals surface area (Å²) in [4.78, 5) is 7.24. The summed E-state index contributed by atoms with van der Waals surface area (Å²) in [7, 11) is 5.17. The predicted molar refractivity (Wildman–Crippen MR) is 140 cm³/mol. The summed E-state index contributed by atoms with van der Waals surface area (Å²) in [5.74, 6) is 3.07. The first-order valence-corrected chi connectivity index (χ1v) is 12.5. The zero-order chi connectivity index (χ0) is 24.2. The summed E-state index contributed by atoms with van der Waals surface area (Å²) in [6.07, 6.45) is 6.52. The van der Waals surface area contributed by atoms with Crippen molar-refractivity contribution in [1.82, 2.24) is 10.3 Å². The Bertz CT molecular complexity index is 1160. The van der Waals surface area contributed by atoms with Crippen molar-refractivity contribution in [3.05, 3.63) is 65.9 Å². The van der Waals surface area contributed by atoms with Crippen molar-refractivity contribution in [2.75, 3.05) is 39.3 Å².